The lowest BCUT2D eigenvalue weighted by Gasteiger charge is -2.38. The number of benzene rings is 4. The third-order valence-electron chi connectivity index (χ3n) is 10.2. The van der Waals surface area contributed by atoms with E-state index in [-0.39, 0.29) is 0 Å². The zero-order chi connectivity index (χ0) is 32.4. The minimum atomic E-state index is -0.568. The largest absolute Gasteiger partial charge is 0.309 e. The highest BCUT2D eigenvalue weighted by molar-refractivity contribution is 8.06. The molecule has 1 unspecified atom stereocenters. The number of fused-ring (bicyclic) bond motifs is 9. The van der Waals surface area contributed by atoms with Crippen LogP contribution in [-0.2, 0) is 11.8 Å². The first-order chi connectivity index (χ1) is 23.6. The van der Waals surface area contributed by atoms with Crippen LogP contribution >= 0.6 is 23.1 Å². The highest BCUT2D eigenvalue weighted by atomic mass is 32.2. The maximum atomic E-state index is 5.03. The van der Waals surface area contributed by atoms with E-state index in [1.54, 1.807) is 0 Å². The van der Waals surface area contributed by atoms with Crippen LogP contribution in [0.4, 0.5) is 11.4 Å². The summed E-state index contributed by atoms with van der Waals surface area (Å²) in [5, 5.41) is 3.61. The lowest BCUT2D eigenvalue weighted by Crippen LogP contribution is -2.31. The fraction of sp³-hybridized carbons (Fsp3) is 0.111. The molecule has 1 aliphatic heterocycles. The van der Waals surface area contributed by atoms with E-state index < -0.39 is 5.41 Å². The molecule has 2 heterocycles. The van der Waals surface area contributed by atoms with Crippen LogP contribution in [0.25, 0.3) is 27.8 Å². The van der Waals surface area contributed by atoms with E-state index >= 15 is 0 Å². The van der Waals surface area contributed by atoms with Crippen molar-refractivity contribution in [2.24, 2.45) is 0 Å². The van der Waals surface area contributed by atoms with Gasteiger partial charge in [0.25, 0.3) is 0 Å². The molecular weight excluding hydrogens is 619 g/mol. The van der Waals surface area contributed by atoms with Crippen LogP contribution in [0.1, 0.15) is 51.1 Å². The Kier molecular flexibility index (Phi) is 6.97. The molecule has 0 saturated carbocycles. The summed E-state index contributed by atoms with van der Waals surface area (Å²) in [5.41, 5.74) is 14.1. The Morgan fingerprint density at radius 3 is 2.56 bits per heavy atom. The highest BCUT2D eigenvalue weighted by Gasteiger charge is 2.50. The van der Waals surface area contributed by atoms with Crippen molar-refractivity contribution in [3.05, 3.63) is 194 Å². The van der Waals surface area contributed by atoms with Crippen molar-refractivity contribution in [1.29, 1.82) is 0 Å². The van der Waals surface area contributed by atoms with Crippen molar-refractivity contribution in [3.63, 3.8) is 0 Å². The first kappa shape index (κ1) is 29.3. The Morgan fingerprint density at radius 2 is 1.67 bits per heavy atom. The molecule has 3 aliphatic carbocycles. The standard InChI is InChI=1S/C45H35NS2/c1-29-22-25-37-39(27-29)45(44-42(37)30(2)13-9-10-26-47-44)31(3)28-34(24-23-32-14-7-8-19-38(32)45)46(33-15-5-4-6-16-33)40-20-11-18-36-35-17-12-21-41(35)48-43(36)40/h4-8,10-12,14-20,22-28H,2-3,9,13,21H2,1H3/b24-23-,26-10-,34-28+. The Labute approximate surface area is 291 Å². The van der Waals surface area contributed by atoms with Crippen molar-refractivity contribution in [3.8, 4) is 0 Å². The number of allylic oxidation sites excluding steroid dienone is 8. The molecule has 1 aromatic heterocycles. The summed E-state index contributed by atoms with van der Waals surface area (Å²) in [5.74, 6) is 0. The Balaban J connectivity index is 1.34. The molecule has 3 heteroatoms. The third-order valence-corrected chi connectivity index (χ3v) is 12.5. The van der Waals surface area contributed by atoms with Gasteiger partial charge in [-0.05, 0) is 100 Å². The van der Waals surface area contributed by atoms with Gasteiger partial charge in [0.2, 0.25) is 0 Å². The van der Waals surface area contributed by atoms with Crippen LogP contribution in [0, 0.1) is 6.92 Å². The van der Waals surface area contributed by atoms with Gasteiger partial charge in [-0.2, -0.15) is 0 Å². The Morgan fingerprint density at radius 1 is 0.812 bits per heavy atom. The van der Waals surface area contributed by atoms with Gasteiger partial charge in [0, 0.05) is 33.0 Å². The lowest BCUT2D eigenvalue weighted by molar-refractivity contribution is 0.777. The van der Waals surface area contributed by atoms with E-state index in [9.17, 15) is 0 Å². The number of rotatable bonds is 3. The van der Waals surface area contributed by atoms with Crippen molar-refractivity contribution >= 4 is 62.3 Å². The van der Waals surface area contributed by atoms with E-state index in [4.69, 9.17) is 6.58 Å². The van der Waals surface area contributed by atoms with Gasteiger partial charge >= 0.3 is 0 Å². The summed E-state index contributed by atoms with van der Waals surface area (Å²) in [6, 6.07) is 33.4. The minimum Gasteiger partial charge on any atom is -0.309 e. The molecule has 0 saturated heterocycles. The number of thiophene rings is 1. The molecule has 5 aromatic rings. The van der Waals surface area contributed by atoms with Gasteiger partial charge in [-0.25, -0.2) is 0 Å². The predicted molar refractivity (Wildman–Crippen MR) is 210 cm³/mol. The maximum absolute atomic E-state index is 5.03. The number of nitrogens with zero attached hydrogens (tertiary/aromatic N) is 1. The molecule has 48 heavy (non-hydrogen) atoms. The fourth-order valence-corrected chi connectivity index (χ4v) is 10.6. The molecule has 0 fully saturated rings. The van der Waals surface area contributed by atoms with Crippen molar-refractivity contribution < 1.29 is 0 Å². The molecule has 1 atom stereocenters. The van der Waals surface area contributed by atoms with Gasteiger partial charge in [0.15, 0.2) is 0 Å². The molecule has 9 rings (SSSR count). The van der Waals surface area contributed by atoms with Gasteiger partial charge in [0.1, 0.15) is 0 Å². The van der Waals surface area contributed by atoms with E-state index in [1.165, 1.54) is 70.1 Å². The highest BCUT2D eigenvalue weighted by Crippen LogP contribution is 2.62. The third kappa shape index (κ3) is 4.31. The minimum absolute atomic E-state index is 0.568. The number of para-hydroxylation sites is 1. The number of anilines is 2. The van der Waals surface area contributed by atoms with Gasteiger partial charge in [-0.15, -0.1) is 23.1 Å². The molecule has 0 bridgehead atoms. The zero-order valence-corrected chi connectivity index (χ0v) is 28.6. The molecule has 1 spiro atoms. The van der Waals surface area contributed by atoms with Crippen molar-refractivity contribution in [2.45, 2.75) is 31.6 Å². The Hall–Kier alpha value is -4.83. The molecule has 4 aliphatic rings. The van der Waals surface area contributed by atoms with E-state index in [0.717, 1.165) is 36.2 Å². The van der Waals surface area contributed by atoms with E-state index in [2.05, 4.69) is 151 Å². The number of aryl methyl sites for hydroxylation is 1. The lowest BCUT2D eigenvalue weighted by atomic mass is 9.68. The summed E-state index contributed by atoms with van der Waals surface area (Å²) >= 11 is 3.77. The molecule has 0 amide bonds. The Bertz CT molecular complexity index is 2340. The summed E-state index contributed by atoms with van der Waals surface area (Å²) in [6.07, 6.45) is 16.8. The SMILES string of the molecule is C=C1CC/C=C\SC2=C1c1ccc(C)cc1C21C(=C)/C=C(N(c2ccccc2)c2cccc3c4c(sc23)CC=C4)\C=C/c2ccccc21. The van der Waals surface area contributed by atoms with Crippen molar-refractivity contribution in [1.82, 2.24) is 0 Å². The average molecular weight is 654 g/mol. The first-order valence-corrected chi connectivity index (χ1v) is 18.4. The average Bonchev–Trinajstić information content (AvgIpc) is 3.77. The first-order valence-electron chi connectivity index (χ1n) is 16.7. The topological polar surface area (TPSA) is 3.24 Å². The molecular formula is C45H35NS2. The number of thioether (sulfide) groups is 1. The molecule has 0 radical (unpaired) electrons. The van der Waals surface area contributed by atoms with Gasteiger partial charge < -0.3 is 4.90 Å². The van der Waals surface area contributed by atoms with Crippen LogP contribution in [0.15, 0.2) is 156 Å². The van der Waals surface area contributed by atoms with E-state index in [0.29, 0.717) is 0 Å². The van der Waals surface area contributed by atoms with Gasteiger partial charge in [-0.1, -0.05) is 116 Å². The van der Waals surface area contributed by atoms with Crippen LogP contribution in [0.3, 0.4) is 0 Å². The smallest absolute Gasteiger partial charge is 0.0777 e. The number of hydrogen-bond donors (Lipinski definition) is 0. The molecule has 232 valence electrons. The van der Waals surface area contributed by atoms with Crippen LogP contribution in [0.5, 0.6) is 0 Å². The quantitative estimate of drug-likeness (QED) is 0.191. The second-order valence-corrected chi connectivity index (χ2v) is 15.0. The second-order valence-electron chi connectivity index (χ2n) is 13.0. The van der Waals surface area contributed by atoms with Crippen LogP contribution in [0.2, 0.25) is 0 Å². The van der Waals surface area contributed by atoms with Gasteiger partial charge in [0.05, 0.1) is 15.8 Å². The van der Waals surface area contributed by atoms with Crippen LogP contribution < -0.4 is 4.90 Å². The normalized spacial score (nSPS) is 21.8. The van der Waals surface area contributed by atoms with Gasteiger partial charge in [-0.3, -0.25) is 0 Å². The molecule has 0 N–H and O–H groups in total. The van der Waals surface area contributed by atoms with E-state index in [1.807, 2.05) is 23.1 Å². The number of hydrogen-bond acceptors (Lipinski definition) is 3. The van der Waals surface area contributed by atoms with Crippen molar-refractivity contribution in [2.75, 3.05) is 4.90 Å². The molecule has 1 nitrogen and oxygen atoms in total. The summed E-state index contributed by atoms with van der Waals surface area (Å²) in [4.78, 5) is 5.19. The monoisotopic (exact) mass is 653 g/mol. The second kappa shape index (κ2) is 11.4. The van der Waals surface area contributed by atoms with Crippen LogP contribution in [-0.4, -0.2) is 0 Å². The molecule has 4 aromatic carbocycles. The maximum Gasteiger partial charge on any atom is 0.0777 e. The summed E-state index contributed by atoms with van der Waals surface area (Å²) in [7, 11) is 0. The zero-order valence-electron chi connectivity index (χ0n) is 27.0. The predicted octanol–water partition coefficient (Wildman–Crippen LogP) is 12.7. The summed E-state index contributed by atoms with van der Waals surface area (Å²) in [6.45, 7) is 11.9. The summed E-state index contributed by atoms with van der Waals surface area (Å²) < 4.78 is 1.32. The fourth-order valence-electron chi connectivity index (χ4n) is 8.05.